The molecule has 4 amide bonds. The molecule has 3 heterocycles. The zero-order chi connectivity index (χ0) is 30.7. The number of para-hydroxylation sites is 1. The number of carbonyl (C=O) groups is 4. The number of aromatic nitrogens is 2. The molecule has 0 saturated carbocycles. The highest BCUT2D eigenvalue weighted by molar-refractivity contribution is 5.97. The van der Waals surface area contributed by atoms with Crippen molar-refractivity contribution < 1.29 is 19.2 Å². The molecule has 44 heavy (non-hydrogen) atoms. The van der Waals surface area contributed by atoms with Gasteiger partial charge in [0.1, 0.15) is 11.7 Å². The van der Waals surface area contributed by atoms with Gasteiger partial charge in [0.05, 0.1) is 6.42 Å². The number of H-pyrrole nitrogens is 1. The number of nitrogens with zero attached hydrogens (tertiary/aromatic N) is 2. The lowest BCUT2D eigenvalue weighted by Gasteiger charge is -2.24. The Morgan fingerprint density at radius 2 is 1.68 bits per heavy atom. The molecule has 11 heteroatoms. The lowest BCUT2D eigenvalue weighted by Crippen LogP contribution is -2.50. The number of fused-ring (bicyclic) bond motifs is 3. The first kappa shape index (κ1) is 30.3. The number of rotatable bonds is 4. The Labute approximate surface area is 255 Å². The molecule has 0 radical (unpaired) electrons. The van der Waals surface area contributed by atoms with Gasteiger partial charge in [0.15, 0.2) is 0 Å². The fourth-order valence-electron chi connectivity index (χ4n) is 5.23. The van der Waals surface area contributed by atoms with Gasteiger partial charge >= 0.3 is 0 Å². The highest BCUT2D eigenvalue weighted by atomic mass is 16.2. The molecule has 0 spiro atoms. The summed E-state index contributed by atoms with van der Waals surface area (Å²) in [5.41, 5.74) is 3.57. The second-order valence-corrected chi connectivity index (χ2v) is 10.7. The first-order valence-corrected chi connectivity index (χ1v) is 14.9. The van der Waals surface area contributed by atoms with E-state index < -0.39 is 11.9 Å². The second-order valence-electron chi connectivity index (χ2n) is 10.7. The minimum Gasteiger partial charge on any atom is -0.383 e. The molecule has 0 unspecified atom stereocenters. The van der Waals surface area contributed by atoms with Crippen LogP contribution < -0.4 is 21.3 Å². The molecule has 0 aliphatic carbocycles. The van der Waals surface area contributed by atoms with E-state index in [-0.39, 0.29) is 55.8 Å². The molecule has 228 valence electrons. The predicted octanol–water partition coefficient (Wildman–Crippen LogP) is 2.41. The number of pyridine rings is 1. The monoisotopic (exact) mass is 595 g/mol. The van der Waals surface area contributed by atoms with Gasteiger partial charge in [-0.2, -0.15) is 0 Å². The van der Waals surface area contributed by atoms with E-state index in [1.165, 1.54) is 6.20 Å². The molecule has 0 saturated heterocycles. The van der Waals surface area contributed by atoms with Gasteiger partial charge in [0.25, 0.3) is 5.91 Å². The summed E-state index contributed by atoms with van der Waals surface area (Å²) in [6, 6.07) is 19.7. The molecule has 5 rings (SSSR count). The van der Waals surface area contributed by atoms with Crippen LogP contribution in [-0.2, 0) is 27.2 Å². The lowest BCUT2D eigenvalue weighted by atomic mass is 10.0. The number of hydrogen-bond acceptors (Lipinski definition) is 6. The Balaban J connectivity index is 1.32. The van der Waals surface area contributed by atoms with Crippen LogP contribution in [0.25, 0.3) is 10.9 Å². The van der Waals surface area contributed by atoms with Gasteiger partial charge in [-0.15, -0.1) is 0 Å². The number of aromatic amines is 1. The zero-order valence-electron chi connectivity index (χ0n) is 24.5. The van der Waals surface area contributed by atoms with E-state index >= 15 is 0 Å². The lowest BCUT2D eigenvalue weighted by molar-refractivity contribution is -0.131. The largest absolute Gasteiger partial charge is 0.383 e. The molecule has 11 nitrogen and oxygen atoms in total. The molecule has 4 aromatic rings. The van der Waals surface area contributed by atoms with Gasteiger partial charge in [0.2, 0.25) is 17.7 Å². The van der Waals surface area contributed by atoms with Gasteiger partial charge in [0, 0.05) is 74.5 Å². The second kappa shape index (κ2) is 14.8. The quantitative estimate of drug-likeness (QED) is 0.245. The zero-order valence-corrected chi connectivity index (χ0v) is 24.5. The summed E-state index contributed by atoms with van der Waals surface area (Å²) in [4.78, 5) is 61.7. The summed E-state index contributed by atoms with van der Waals surface area (Å²) in [5, 5.41) is 12.8. The van der Waals surface area contributed by atoms with Crippen molar-refractivity contribution in [2.75, 3.05) is 38.0 Å². The van der Waals surface area contributed by atoms with Crippen molar-refractivity contribution in [3.05, 3.63) is 95.9 Å². The third-order valence-electron chi connectivity index (χ3n) is 7.56. The average Bonchev–Trinajstić information content (AvgIpc) is 3.44. The number of carbonyl (C=O) groups excluding carboxylic acids is 4. The van der Waals surface area contributed by atoms with E-state index in [9.17, 15) is 19.2 Å². The maximum absolute atomic E-state index is 13.5. The van der Waals surface area contributed by atoms with Gasteiger partial charge in [-0.05, 0) is 35.7 Å². The number of amides is 4. The Morgan fingerprint density at radius 3 is 2.55 bits per heavy atom. The fourth-order valence-corrected chi connectivity index (χ4v) is 5.23. The number of benzene rings is 2. The molecule has 0 fully saturated rings. The predicted molar refractivity (Wildman–Crippen MR) is 168 cm³/mol. The molecule has 1 aliphatic heterocycles. The number of nitrogens with one attached hydrogen (secondary N) is 5. The van der Waals surface area contributed by atoms with Crippen LogP contribution in [-0.4, -0.2) is 77.3 Å². The molecule has 2 aromatic carbocycles. The molecular formula is C33H37N7O4. The third-order valence-corrected chi connectivity index (χ3v) is 7.56. The van der Waals surface area contributed by atoms with Gasteiger partial charge in [-0.25, -0.2) is 0 Å². The van der Waals surface area contributed by atoms with Crippen LogP contribution in [0.15, 0.2) is 79.1 Å². The van der Waals surface area contributed by atoms with Crippen LogP contribution in [0.3, 0.4) is 0 Å². The van der Waals surface area contributed by atoms with Crippen LogP contribution in [0, 0.1) is 0 Å². The molecule has 1 aliphatic rings. The van der Waals surface area contributed by atoms with Crippen molar-refractivity contribution in [1.29, 1.82) is 0 Å². The minimum absolute atomic E-state index is 0.0982. The van der Waals surface area contributed by atoms with Crippen molar-refractivity contribution in [2.24, 2.45) is 0 Å². The number of anilines is 1. The van der Waals surface area contributed by atoms with Crippen molar-refractivity contribution in [3.63, 3.8) is 0 Å². The maximum atomic E-state index is 13.5. The van der Waals surface area contributed by atoms with E-state index in [1.54, 1.807) is 17.0 Å². The Morgan fingerprint density at radius 1 is 0.886 bits per heavy atom. The van der Waals surface area contributed by atoms with Crippen LogP contribution in [0.1, 0.15) is 34.5 Å². The van der Waals surface area contributed by atoms with Crippen molar-refractivity contribution in [1.82, 2.24) is 30.8 Å². The maximum Gasteiger partial charge on any atom is 0.270 e. The molecule has 2 aromatic heterocycles. The van der Waals surface area contributed by atoms with Crippen molar-refractivity contribution in [2.45, 2.75) is 31.7 Å². The van der Waals surface area contributed by atoms with E-state index in [1.807, 2.05) is 60.8 Å². The smallest absolute Gasteiger partial charge is 0.270 e. The molecule has 5 N–H and O–H groups in total. The highest BCUT2D eigenvalue weighted by Crippen LogP contribution is 2.19. The van der Waals surface area contributed by atoms with Gasteiger partial charge in [-0.3, -0.25) is 24.2 Å². The summed E-state index contributed by atoms with van der Waals surface area (Å²) < 4.78 is 0. The van der Waals surface area contributed by atoms with Gasteiger partial charge < -0.3 is 31.2 Å². The Bertz CT molecular complexity index is 1600. The standard InChI is InChI=1S/C33H37N7O4/c41-30-11-6-17-40(31(42)20-24-22-38-27-10-5-4-9-26(24)27)18-16-37-32(43)29(19-23-7-2-1-3-8-23)39-33(44)28-21-25(12-13-35-28)34-14-15-36-30/h1-5,7-10,12-13,21-22,29,34,38H,6,11,14-20H2,(H,36,41)(H,37,43)(H,39,44)/t29-/m0/s1. The first-order chi connectivity index (χ1) is 21.5. The summed E-state index contributed by atoms with van der Waals surface area (Å²) in [7, 11) is 0. The van der Waals surface area contributed by atoms with Crippen LogP contribution in [0.2, 0.25) is 0 Å². The molecular weight excluding hydrogens is 558 g/mol. The van der Waals surface area contributed by atoms with E-state index in [0.29, 0.717) is 31.7 Å². The summed E-state index contributed by atoms with van der Waals surface area (Å²) in [6.45, 7) is 1.65. The Kier molecular flexibility index (Phi) is 10.2. The topological polar surface area (TPSA) is 148 Å². The molecule has 2 bridgehead atoms. The molecule has 1 atom stereocenters. The highest BCUT2D eigenvalue weighted by Gasteiger charge is 2.24. The van der Waals surface area contributed by atoms with E-state index in [2.05, 4.69) is 31.2 Å². The van der Waals surface area contributed by atoms with Crippen molar-refractivity contribution >= 4 is 40.2 Å². The fraction of sp³-hybridized carbons (Fsp3) is 0.303. The Hall–Kier alpha value is -5.19. The normalized spacial score (nSPS) is 17.3. The van der Waals surface area contributed by atoms with Crippen molar-refractivity contribution in [3.8, 4) is 0 Å². The van der Waals surface area contributed by atoms with Crippen LogP contribution >= 0.6 is 0 Å². The van der Waals surface area contributed by atoms with Crippen LogP contribution in [0.4, 0.5) is 5.69 Å². The SMILES string of the molecule is O=C1CCCN(C(=O)Cc2c[nH]c3ccccc23)CCNC(=O)[C@H](Cc2ccccc2)NC(=O)c2cc(ccn2)NCCN1. The summed E-state index contributed by atoms with van der Waals surface area (Å²) >= 11 is 0. The summed E-state index contributed by atoms with van der Waals surface area (Å²) in [6.07, 6.45) is 4.58. The van der Waals surface area contributed by atoms with Crippen LogP contribution in [0.5, 0.6) is 0 Å². The van der Waals surface area contributed by atoms with E-state index in [0.717, 1.165) is 22.0 Å². The first-order valence-electron chi connectivity index (χ1n) is 14.9. The van der Waals surface area contributed by atoms with Gasteiger partial charge in [-0.1, -0.05) is 48.5 Å². The average molecular weight is 596 g/mol. The summed E-state index contributed by atoms with van der Waals surface area (Å²) in [5.74, 6) is -1.05. The van der Waals surface area contributed by atoms with E-state index in [4.69, 9.17) is 0 Å². The number of hydrogen-bond donors (Lipinski definition) is 5. The minimum atomic E-state index is -0.859. The third kappa shape index (κ3) is 8.21.